The van der Waals surface area contributed by atoms with Gasteiger partial charge < -0.3 is 10.2 Å². The third kappa shape index (κ3) is 7.88. The van der Waals surface area contributed by atoms with Crippen LogP contribution in [0.25, 0.3) is 0 Å². The average Bonchev–Trinajstić information content (AvgIpc) is 2.88. The summed E-state index contributed by atoms with van der Waals surface area (Å²) in [6.45, 7) is 4.81. The highest BCUT2D eigenvalue weighted by Gasteiger charge is 2.34. The lowest BCUT2D eigenvalue weighted by Crippen LogP contribution is -2.53. The minimum absolute atomic E-state index is 0.00895. The molecule has 3 aromatic carbocycles. The Hall–Kier alpha value is -2.78. The van der Waals surface area contributed by atoms with Crippen LogP contribution in [0.4, 0.5) is 5.69 Å². The van der Waals surface area contributed by atoms with Crippen LogP contribution < -0.4 is 9.62 Å². The number of sulfonamides is 1. The second kappa shape index (κ2) is 13.5. The molecule has 0 unspecified atom stereocenters. The number of benzene rings is 3. The van der Waals surface area contributed by atoms with Crippen LogP contribution in [0.3, 0.4) is 0 Å². The maximum absolute atomic E-state index is 14.0. The number of halogens is 3. The Kier molecular flexibility index (Phi) is 10.7. The summed E-state index contributed by atoms with van der Waals surface area (Å²) < 4.78 is 28.5. The number of rotatable bonds is 11. The predicted octanol–water partition coefficient (Wildman–Crippen LogP) is 6.17. The quantitative estimate of drug-likeness (QED) is 0.281. The first-order valence-electron chi connectivity index (χ1n) is 12.3. The second-order valence-electron chi connectivity index (χ2n) is 9.15. The van der Waals surface area contributed by atoms with Gasteiger partial charge in [0.15, 0.2) is 0 Å². The number of hydrogen-bond donors (Lipinski definition) is 1. The van der Waals surface area contributed by atoms with Crippen LogP contribution in [0.5, 0.6) is 0 Å². The number of anilines is 1. The maximum atomic E-state index is 14.0. The van der Waals surface area contributed by atoms with E-state index < -0.39 is 28.5 Å². The molecule has 0 aliphatic carbocycles. The molecule has 0 saturated heterocycles. The van der Waals surface area contributed by atoms with Crippen molar-refractivity contribution >= 4 is 62.3 Å². The van der Waals surface area contributed by atoms with E-state index in [0.29, 0.717) is 20.6 Å². The monoisotopic (exact) mass is 609 g/mol. The van der Waals surface area contributed by atoms with Gasteiger partial charge in [-0.25, -0.2) is 8.42 Å². The Morgan fingerprint density at radius 2 is 1.56 bits per heavy atom. The molecule has 3 aromatic rings. The molecule has 0 aliphatic heterocycles. The zero-order valence-electron chi connectivity index (χ0n) is 21.8. The Balaban J connectivity index is 2.08. The van der Waals surface area contributed by atoms with Crippen LogP contribution >= 0.6 is 34.8 Å². The van der Waals surface area contributed by atoms with Crippen molar-refractivity contribution in [3.05, 3.63) is 93.4 Å². The first-order valence-corrected chi connectivity index (χ1v) is 14.9. The van der Waals surface area contributed by atoms with Crippen LogP contribution in [0.1, 0.15) is 32.8 Å². The molecule has 0 heterocycles. The van der Waals surface area contributed by atoms with E-state index >= 15 is 0 Å². The summed E-state index contributed by atoms with van der Waals surface area (Å²) in [6, 6.07) is 17.9. The van der Waals surface area contributed by atoms with E-state index in [4.69, 9.17) is 34.8 Å². The molecular formula is C28H30Cl3N3O4S. The molecule has 0 bridgehead atoms. The number of nitrogens with one attached hydrogen (secondary N) is 1. The molecule has 1 atom stereocenters. The second-order valence-corrected chi connectivity index (χ2v) is 12.3. The predicted molar refractivity (Wildman–Crippen MR) is 157 cm³/mol. The topological polar surface area (TPSA) is 86.8 Å². The summed E-state index contributed by atoms with van der Waals surface area (Å²) in [5.41, 5.74) is 0.772. The van der Waals surface area contributed by atoms with Gasteiger partial charge in [-0.05, 0) is 68.3 Å². The summed E-state index contributed by atoms with van der Waals surface area (Å²) in [5, 5.41) is 3.90. The fourth-order valence-electron chi connectivity index (χ4n) is 4.01. The van der Waals surface area contributed by atoms with Crippen LogP contribution in [0, 0.1) is 0 Å². The molecule has 11 heteroatoms. The van der Waals surface area contributed by atoms with Gasteiger partial charge in [-0.15, -0.1) is 0 Å². The molecule has 0 spiro atoms. The Labute approximate surface area is 244 Å². The van der Waals surface area contributed by atoms with Gasteiger partial charge in [0.05, 0.1) is 10.6 Å². The van der Waals surface area contributed by atoms with Crippen molar-refractivity contribution in [2.45, 2.75) is 50.7 Å². The van der Waals surface area contributed by atoms with Gasteiger partial charge in [0, 0.05) is 27.7 Å². The van der Waals surface area contributed by atoms with Gasteiger partial charge >= 0.3 is 0 Å². The highest BCUT2D eigenvalue weighted by Crippen LogP contribution is 2.28. The lowest BCUT2D eigenvalue weighted by molar-refractivity contribution is -0.140. The summed E-state index contributed by atoms with van der Waals surface area (Å²) in [4.78, 5) is 28.5. The van der Waals surface area contributed by atoms with Crippen molar-refractivity contribution in [2.75, 3.05) is 10.8 Å². The molecule has 39 heavy (non-hydrogen) atoms. The SMILES string of the molecule is CC[C@@H](C(=O)NC(C)C)N(Cc1ccc(Cl)cc1Cl)C(=O)CN(c1cccc(Cl)c1)S(=O)(=O)c1ccccc1. The van der Waals surface area contributed by atoms with Crippen LogP contribution in [-0.4, -0.2) is 43.8 Å². The standard InChI is InChI=1S/C28H30Cl3N3O4S/c1-4-26(28(36)32-19(2)3)33(17-20-13-14-22(30)16-25(20)31)27(35)18-34(23-10-8-9-21(29)15-23)39(37,38)24-11-6-5-7-12-24/h5-16,19,26H,4,17-18H2,1-3H3,(H,32,36)/t26-/m0/s1. The lowest BCUT2D eigenvalue weighted by atomic mass is 10.1. The summed E-state index contributed by atoms with van der Waals surface area (Å²) in [5.74, 6) is -0.947. The van der Waals surface area contributed by atoms with Crippen molar-refractivity contribution in [3.8, 4) is 0 Å². The molecule has 7 nitrogen and oxygen atoms in total. The summed E-state index contributed by atoms with van der Waals surface area (Å²) in [7, 11) is -4.17. The largest absolute Gasteiger partial charge is 0.352 e. The maximum Gasteiger partial charge on any atom is 0.264 e. The third-order valence-corrected chi connectivity index (χ3v) is 8.49. The molecule has 1 N–H and O–H groups in total. The normalized spacial score (nSPS) is 12.2. The highest BCUT2D eigenvalue weighted by atomic mass is 35.5. The Bertz CT molecular complexity index is 1420. The van der Waals surface area contributed by atoms with Crippen molar-refractivity contribution in [2.24, 2.45) is 0 Å². The number of amides is 2. The van der Waals surface area contributed by atoms with Crippen LogP contribution in [0.15, 0.2) is 77.7 Å². The van der Waals surface area contributed by atoms with Gasteiger partial charge in [-0.1, -0.05) is 72.1 Å². The van der Waals surface area contributed by atoms with Crippen molar-refractivity contribution in [3.63, 3.8) is 0 Å². The van der Waals surface area contributed by atoms with Crippen LogP contribution in [0.2, 0.25) is 15.1 Å². The van der Waals surface area contributed by atoms with Gasteiger partial charge in [-0.2, -0.15) is 0 Å². The number of carbonyl (C=O) groups is 2. The summed E-state index contributed by atoms with van der Waals surface area (Å²) in [6.07, 6.45) is 0.290. The summed E-state index contributed by atoms with van der Waals surface area (Å²) >= 11 is 18.7. The van der Waals surface area contributed by atoms with Gasteiger partial charge in [-0.3, -0.25) is 13.9 Å². The third-order valence-electron chi connectivity index (χ3n) is 5.88. The van der Waals surface area contributed by atoms with Gasteiger partial charge in [0.25, 0.3) is 10.0 Å². The molecule has 0 aromatic heterocycles. The first kappa shape index (κ1) is 30.8. The Morgan fingerprint density at radius 3 is 2.15 bits per heavy atom. The van der Waals surface area contributed by atoms with Crippen LogP contribution in [-0.2, 0) is 26.2 Å². The zero-order valence-corrected chi connectivity index (χ0v) is 24.9. The average molecular weight is 611 g/mol. The fraction of sp³-hybridized carbons (Fsp3) is 0.286. The molecular weight excluding hydrogens is 581 g/mol. The smallest absolute Gasteiger partial charge is 0.264 e. The lowest BCUT2D eigenvalue weighted by Gasteiger charge is -2.33. The van der Waals surface area contributed by atoms with Crippen molar-refractivity contribution < 1.29 is 18.0 Å². The van der Waals surface area contributed by atoms with E-state index in [-0.39, 0.29) is 35.5 Å². The van der Waals surface area contributed by atoms with E-state index in [1.54, 1.807) is 61.5 Å². The minimum Gasteiger partial charge on any atom is -0.352 e. The molecule has 2 amide bonds. The molecule has 208 valence electrons. The minimum atomic E-state index is -4.17. The van der Waals surface area contributed by atoms with E-state index in [1.165, 1.54) is 23.1 Å². The highest BCUT2D eigenvalue weighted by molar-refractivity contribution is 7.92. The fourth-order valence-corrected chi connectivity index (χ4v) is 6.09. The molecule has 0 radical (unpaired) electrons. The van der Waals surface area contributed by atoms with E-state index in [2.05, 4.69) is 5.32 Å². The number of carbonyl (C=O) groups excluding carboxylic acids is 2. The first-order chi connectivity index (χ1) is 18.4. The van der Waals surface area contributed by atoms with E-state index in [0.717, 1.165) is 4.31 Å². The number of hydrogen-bond acceptors (Lipinski definition) is 4. The number of nitrogens with zero attached hydrogens (tertiary/aromatic N) is 2. The molecule has 0 fully saturated rings. The molecule has 0 aliphatic rings. The molecule has 0 saturated carbocycles. The van der Waals surface area contributed by atoms with Gasteiger partial charge in [0.1, 0.15) is 12.6 Å². The zero-order chi connectivity index (χ0) is 28.7. The van der Waals surface area contributed by atoms with Crippen molar-refractivity contribution in [1.82, 2.24) is 10.2 Å². The van der Waals surface area contributed by atoms with Gasteiger partial charge in [0.2, 0.25) is 11.8 Å². The van der Waals surface area contributed by atoms with E-state index in [9.17, 15) is 18.0 Å². The van der Waals surface area contributed by atoms with E-state index in [1.807, 2.05) is 13.8 Å². The Morgan fingerprint density at radius 1 is 0.897 bits per heavy atom. The molecule has 3 rings (SSSR count). The van der Waals surface area contributed by atoms with Crippen molar-refractivity contribution in [1.29, 1.82) is 0 Å².